The number of carbonyl (C=O) groups is 1. The molecule has 0 radical (unpaired) electrons. The lowest BCUT2D eigenvalue weighted by atomic mass is 9.97. The third kappa shape index (κ3) is 9.23. The molecule has 10 nitrogen and oxygen atoms in total. The second kappa shape index (κ2) is 14.3. The average Bonchev–Trinajstić information content (AvgIpc) is 2.96. The molecule has 0 bridgehead atoms. The van der Waals surface area contributed by atoms with Gasteiger partial charge < -0.3 is 10.6 Å². The molecule has 1 heterocycles. The highest BCUT2D eigenvalue weighted by Crippen LogP contribution is 2.38. The monoisotopic (exact) mass is 642 g/mol. The van der Waals surface area contributed by atoms with Crippen LogP contribution in [-0.4, -0.2) is 55.7 Å². The zero-order valence-electron chi connectivity index (χ0n) is 23.5. The molecule has 1 unspecified atom stereocenters. The number of amides is 2. The standard InChI is InChI=1S/C28H33F3N4O6S2/c1-3-21-18-32-15-13-24(21)23-10-8-9-22(17-23)20(2)35(16-7-6-14-33-27(36)34-19-42(37,38)39)43(40,41)26-12-5-4-11-25(26)28(29,30)31/h4-5,8-13,15,17-18,20H,3,6-7,14,16,19H2,1-2H3,(H2,33,34,36)(H,37,38,39). The molecule has 3 rings (SSSR count). The minimum atomic E-state index is -4.91. The van der Waals surface area contributed by atoms with Crippen molar-refractivity contribution in [3.05, 3.63) is 83.7 Å². The van der Waals surface area contributed by atoms with E-state index in [1.165, 1.54) is 6.07 Å². The zero-order chi connectivity index (χ0) is 31.8. The number of urea groups is 1. The highest BCUT2D eigenvalue weighted by Gasteiger charge is 2.40. The summed E-state index contributed by atoms with van der Waals surface area (Å²) in [6, 6.07) is 11.2. The number of halogens is 3. The quantitative estimate of drug-likeness (QED) is 0.176. The molecule has 2 aromatic carbocycles. The van der Waals surface area contributed by atoms with E-state index in [9.17, 15) is 34.8 Å². The molecular formula is C28H33F3N4O6S2. The first-order valence-electron chi connectivity index (χ1n) is 13.3. The Morgan fingerprint density at radius 3 is 2.42 bits per heavy atom. The van der Waals surface area contributed by atoms with Crippen LogP contribution < -0.4 is 10.6 Å². The number of alkyl halides is 3. The van der Waals surface area contributed by atoms with Gasteiger partial charge in [0.2, 0.25) is 10.0 Å². The maximum absolute atomic E-state index is 13.9. The van der Waals surface area contributed by atoms with Gasteiger partial charge in [-0.25, -0.2) is 13.2 Å². The smallest absolute Gasteiger partial charge is 0.338 e. The highest BCUT2D eigenvalue weighted by atomic mass is 32.2. The molecule has 0 fully saturated rings. The van der Waals surface area contributed by atoms with Crippen molar-refractivity contribution < 1.29 is 39.4 Å². The first kappa shape index (κ1) is 34.0. The minimum Gasteiger partial charge on any atom is -0.338 e. The van der Waals surface area contributed by atoms with Crippen LogP contribution in [0.25, 0.3) is 11.1 Å². The maximum Gasteiger partial charge on any atom is 0.417 e. The van der Waals surface area contributed by atoms with Crippen molar-refractivity contribution in [2.45, 2.75) is 50.2 Å². The fraction of sp³-hybridized carbons (Fsp3) is 0.357. The van der Waals surface area contributed by atoms with Crippen LogP contribution in [0.15, 0.2) is 71.9 Å². The summed E-state index contributed by atoms with van der Waals surface area (Å²) in [5.41, 5.74) is 1.97. The number of pyridine rings is 1. The second-order valence-electron chi connectivity index (χ2n) is 9.66. The Hall–Kier alpha value is -3.53. The van der Waals surface area contributed by atoms with Gasteiger partial charge in [-0.05, 0) is 72.7 Å². The Morgan fingerprint density at radius 1 is 1.02 bits per heavy atom. The van der Waals surface area contributed by atoms with Crippen LogP contribution >= 0.6 is 0 Å². The van der Waals surface area contributed by atoms with Gasteiger partial charge in [-0.3, -0.25) is 9.54 Å². The number of nitrogens with zero attached hydrogens (tertiary/aromatic N) is 2. The van der Waals surface area contributed by atoms with Gasteiger partial charge in [0.15, 0.2) is 0 Å². The Balaban J connectivity index is 1.91. The first-order valence-corrected chi connectivity index (χ1v) is 16.4. The summed E-state index contributed by atoms with van der Waals surface area (Å²) in [5.74, 6) is -0.987. The number of benzene rings is 2. The van der Waals surface area contributed by atoms with Crippen molar-refractivity contribution in [2.75, 3.05) is 19.0 Å². The van der Waals surface area contributed by atoms with E-state index in [2.05, 4.69) is 10.3 Å². The normalized spacial score (nSPS) is 13.1. The first-order chi connectivity index (χ1) is 20.1. The van der Waals surface area contributed by atoms with Crippen LogP contribution in [0.5, 0.6) is 0 Å². The van der Waals surface area contributed by atoms with Crippen LogP contribution in [0.1, 0.15) is 49.4 Å². The molecule has 0 aliphatic rings. The van der Waals surface area contributed by atoms with Crippen molar-refractivity contribution in [3.8, 4) is 11.1 Å². The molecule has 43 heavy (non-hydrogen) atoms. The number of sulfonamides is 1. The molecule has 15 heteroatoms. The van der Waals surface area contributed by atoms with Gasteiger partial charge in [-0.2, -0.15) is 25.9 Å². The Bertz CT molecular complexity index is 1630. The van der Waals surface area contributed by atoms with E-state index in [0.717, 1.165) is 39.2 Å². The van der Waals surface area contributed by atoms with Gasteiger partial charge in [0.05, 0.1) is 10.5 Å². The van der Waals surface area contributed by atoms with Crippen molar-refractivity contribution >= 4 is 26.2 Å². The Labute approximate surface area is 249 Å². The van der Waals surface area contributed by atoms with Crippen LogP contribution in [0.4, 0.5) is 18.0 Å². The van der Waals surface area contributed by atoms with Crippen molar-refractivity contribution in [2.24, 2.45) is 0 Å². The summed E-state index contributed by atoms with van der Waals surface area (Å²) < 4.78 is 101. The van der Waals surface area contributed by atoms with Gasteiger partial charge in [0.1, 0.15) is 5.88 Å². The van der Waals surface area contributed by atoms with E-state index in [1.807, 2.05) is 24.4 Å². The summed E-state index contributed by atoms with van der Waals surface area (Å²) in [5, 5.41) is 4.33. The summed E-state index contributed by atoms with van der Waals surface area (Å²) >= 11 is 0. The molecular weight excluding hydrogens is 609 g/mol. The molecule has 0 aliphatic heterocycles. The summed E-state index contributed by atoms with van der Waals surface area (Å²) in [7, 11) is -9.08. The molecule has 0 saturated heterocycles. The van der Waals surface area contributed by atoms with Gasteiger partial charge in [0.25, 0.3) is 10.1 Å². The third-order valence-corrected chi connectivity index (χ3v) is 9.22. The van der Waals surface area contributed by atoms with Crippen LogP contribution in [0.3, 0.4) is 0 Å². The Morgan fingerprint density at radius 2 is 1.74 bits per heavy atom. The average molecular weight is 643 g/mol. The number of hydrogen-bond donors (Lipinski definition) is 3. The summed E-state index contributed by atoms with van der Waals surface area (Å²) in [6.07, 6.45) is -0.439. The van der Waals surface area contributed by atoms with Crippen molar-refractivity contribution in [3.63, 3.8) is 0 Å². The number of unbranched alkanes of at least 4 members (excludes halogenated alkanes) is 1. The molecule has 1 aromatic heterocycles. The van der Waals surface area contributed by atoms with Crippen LogP contribution in [-0.2, 0) is 32.7 Å². The van der Waals surface area contributed by atoms with E-state index in [4.69, 9.17) is 4.55 Å². The molecule has 1 atom stereocenters. The predicted octanol–water partition coefficient (Wildman–Crippen LogP) is 5.01. The Kier molecular flexibility index (Phi) is 11.3. The highest BCUT2D eigenvalue weighted by molar-refractivity contribution is 7.89. The van der Waals surface area contributed by atoms with Gasteiger partial charge in [0, 0.05) is 31.5 Å². The summed E-state index contributed by atoms with van der Waals surface area (Å²) in [6.45, 7) is 3.41. The van der Waals surface area contributed by atoms with Crippen LogP contribution in [0, 0.1) is 0 Å². The molecule has 3 aromatic rings. The number of aromatic nitrogens is 1. The van der Waals surface area contributed by atoms with E-state index < -0.39 is 54.7 Å². The van der Waals surface area contributed by atoms with E-state index in [0.29, 0.717) is 12.0 Å². The minimum absolute atomic E-state index is 0.00996. The lowest BCUT2D eigenvalue weighted by Crippen LogP contribution is -2.39. The molecule has 0 spiro atoms. The fourth-order valence-corrected chi connectivity index (χ4v) is 6.70. The van der Waals surface area contributed by atoms with Crippen molar-refractivity contribution in [1.29, 1.82) is 0 Å². The lowest BCUT2D eigenvalue weighted by Gasteiger charge is -2.30. The SMILES string of the molecule is CCc1cnccc1-c1cccc(C(C)N(CCCCNC(=O)NCS(=O)(=O)O)S(=O)(=O)c2ccccc2C(F)(F)F)c1. The molecule has 2 amide bonds. The number of hydrogen-bond acceptors (Lipinski definition) is 6. The molecule has 234 valence electrons. The second-order valence-corrected chi connectivity index (χ2v) is 13.0. The molecule has 0 saturated carbocycles. The molecule has 3 N–H and O–H groups in total. The van der Waals surface area contributed by atoms with E-state index >= 15 is 0 Å². The maximum atomic E-state index is 13.9. The summed E-state index contributed by atoms with van der Waals surface area (Å²) in [4.78, 5) is 15.0. The zero-order valence-corrected chi connectivity index (χ0v) is 25.1. The number of nitrogens with one attached hydrogen (secondary N) is 2. The largest absolute Gasteiger partial charge is 0.417 e. The van der Waals surface area contributed by atoms with E-state index in [-0.39, 0.29) is 25.9 Å². The number of carbonyl (C=O) groups excluding carboxylic acids is 1. The third-order valence-electron chi connectivity index (χ3n) is 6.68. The number of rotatable bonds is 13. The number of aryl methyl sites for hydroxylation is 1. The lowest BCUT2D eigenvalue weighted by molar-refractivity contribution is -0.139. The van der Waals surface area contributed by atoms with Crippen molar-refractivity contribution in [1.82, 2.24) is 19.9 Å². The molecule has 0 aliphatic carbocycles. The fourth-order valence-electron chi connectivity index (χ4n) is 4.51. The predicted molar refractivity (Wildman–Crippen MR) is 155 cm³/mol. The van der Waals surface area contributed by atoms with E-state index in [1.54, 1.807) is 37.5 Å². The van der Waals surface area contributed by atoms with Gasteiger partial charge >= 0.3 is 12.2 Å². The topological polar surface area (TPSA) is 146 Å². The van der Waals surface area contributed by atoms with Gasteiger partial charge in [-0.1, -0.05) is 37.3 Å². The van der Waals surface area contributed by atoms with Gasteiger partial charge in [-0.15, -0.1) is 0 Å². The van der Waals surface area contributed by atoms with Crippen LogP contribution in [0.2, 0.25) is 0 Å².